The Morgan fingerprint density at radius 2 is 1.65 bits per heavy atom. The maximum Gasteiger partial charge on any atom is 0.243 e. The molecule has 0 saturated carbocycles. The summed E-state index contributed by atoms with van der Waals surface area (Å²) in [6.45, 7) is -0.516. The summed E-state index contributed by atoms with van der Waals surface area (Å²) < 4.78 is 40.3. The Labute approximate surface area is 134 Å². The number of hydrogen-bond acceptors (Lipinski definition) is 4. The first-order chi connectivity index (χ1) is 10.9. The van der Waals surface area contributed by atoms with Crippen LogP contribution in [0.5, 0.6) is 0 Å². The van der Waals surface area contributed by atoms with Gasteiger partial charge < -0.3 is 10.2 Å². The molecule has 124 valence electrons. The fourth-order valence-corrected chi connectivity index (χ4v) is 3.51. The molecular weight excluding hydrogens is 321 g/mol. The lowest BCUT2D eigenvalue weighted by atomic mass is 10.0. The van der Waals surface area contributed by atoms with E-state index in [9.17, 15) is 23.0 Å². The molecule has 2 rings (SSSR count). The molecule has 2 aromatic rings. The predicted octanol–water partition coefficient (Wildman–Crippen LogP) is 1.59. The minimum atomic E-state index is -4.13. The molecule has 0 saturated heterocycles. The maximum atomic E-state index is 13.6. The van der Waals surface area contributed by atoms with E-state index in [4.69, 9.17) is 0 Å². The molecule has 0 bridgehead atoms. The Balaban J connectivity index is 2.12. The van der Waals surface area contributed by atoms with Crippen molar-refractivity contribution in [2.45, 2.75) is 23.5 Å². The summed E-state index contributed by atoms with van der Waals surface area (Å²) in [5.74, 6) is -0.875. The van der Waals surface area contributed by atoms with Crippen LogP contribution in [0.1, 0.15) is 18.1 Å². The number of sulfonamides is 1. The van der Waals surface area contributed by atoms with Gasteiger partial charge in [0.25, 0.3) is 0 Å². The Bertz CT molecular complexity index is 737. The SMILES string of the molecule is O=S(=O)(N[C@@H](CO)C[C@@H](O)c1ccccc1)c1ccccc1F. The summed E-state index contributed by atoms with van der Waals surface area (Å²) >= 11 is 0. The first-order valence-corrected chi connectivity index (χ1v) is 8.53. The highest BCUT2D eigenvalue weighted by Gasteiger charge is 2.24. The van der Waals surface area contributed by atoms with Crippen LogP contribution in [0.25, 0.3) is 0 Å². The molecule has 0 aliphatic heterocycles. The van der Waals surface area contributed by atoms with Crippen molar-refractivity contribution in [3.63, 3.8) is 0 Å². The van der Waals surface area contributed by atoms with E-state index in [1.165, 1.54) is 12.1 Å². The Morgan fingerprint density at radius 1 is 1.04 bits per heavy atom. The van der Waals surface area contributed by atoms with Gasteiger partial charge in [0.05, 0.1) is 12.7 Å². The third kappa shape index (κ3) is 4.59. The highest BCUT2D eigenvalue weighted by Crippen LogP contribution is 2.20. The minimum absolute atomic E-state index is 0.0335. The van der Waals surface area contributed by atoms with Crippen LogP contribution in [0.3, 0.4) is 0 Å². The van der Waals surface area contributed by atoms with Crippen LogP contribution in [0.15, 0.2) is 59.5 Å². The van der Waals surface area contributed by atoms with Gasteiger partial charge in [-0.15, -0.1) is 0 Å². The quantitative estimate of drug-likeness (QED) is 0.715. The number of halogens is 1. The third-order valence-electron chi connectivity index (χ3n) is 3.36. The van der Waals surface area contributed by atoms with Crippen molar-refractivity contribution in [3.05, 3.63) is 66.0 Å². The van der Waals surface area contributed by atoms with Gasteiger partial charge in [0.2, 0.25) is 10.0 Å². The molecule has 0 unspecified atom stereocenters. The van der Waals surface area contributed by atoms with Crippen LogP contribution in [0.4, 0.5) is 4.39 Å². The molecule has 3 N–H and O–H groups in total. The molecule has 0 fully saturated rings. The predicted molar refractivity (Wildman–Crippen MR) is 83.6 cm³/mol. The van der Waals surface area contributed by atoms with Gasteiger partial charge in [0, 0.05) is 6.04 Å². The molecule has 23 heavy (non-hydrogen) atoms. The van der Waals surface area contributed by atoms with Crippen LogP contribution in [0, 0.1) is 5.82 Å². The first kappa shape index (κ1) is 17.6. The largest absolute Gasteiger partial charge is 0.395 e. The van der Waals surface area contributed by atoms with Gasteiger partial charge in [0.15, 0.2) is 0 Å². The summed E-state index contributed by atoms with van der Waals surface area (Å²) in [5.41, 5.74) is 0.607. The highest BCUT2D eigenvalue weighted by molar-refractivity contribution is 7.89. The summed E-state index contributed by atoms with van der Waals surface area (Å²) in [5, 5.41) is 19.5. The number of rotatable bonds is 7. The van der Waals surface area contributed by atoms with Crippen molar-refractivity contribution in [2.24, 2.45) is 0 Å². The zero-order chi connectivity index (χ0) is 16.9. The summed E-state index contributed by atoms with van der Waals surface area (Å²) in [6, 6.07) is 12.7. The second kappa shape index (κ2) is 7.65. The minimum Gasteiger partial charge on any atom is -0.395 e. The Kier molecular flexibility index (Phi) is 5.84. The standard InChI is InChI=1S/C16H18FNO4S/c17-14-8-4-5-9-16(14)23(21,22)18-13(11-19)10-15(20)12-6-2-1-3-7-12/h1-9,13,15,18-20H,10-11H2/t13-,15-/m1/s1. The first-order valence-electron chi connectivity index (χ1n) is 7.05. The lowest BCUT2D eigenvalue weighted by molar-refractivity contribution is 0.136. The van der Waals surface area contributed by atoms with Crippen molar-refractivity contribution in [1.82, 2.24) is 4.72 Å². The third-order valence-corrected chi connectivity index (χ3v) is 4.91. The van der Waals surface area contributed by atoms with Gasteiger partial charge in [-0.1, -0.05) is 42.5 Å². The second-order valence-electron chi connectivity index (χ2n) is 5.09. The molecule has 2 atom stereocenters. The molecule has 0 aromatic heterocycles. The molecule has 2 aromatic carbocycles. The number of nitrogens with one attached hydrogen (secondary N) is 1. The van der Waals surface area contributed by atoms with Gasteiger partial charge in [0.1, 0.15) is 10.7 Å². The molecule has 0 heterocycles. The number of aliphatic hydroxyl groups is 2. The topological polar surface area (TPSA) is 86.6 Å². The lowest BCUT2D eigenvalue weighted by Crippen LogP contribution is -2.38. The van der Waals surface area contributed by atoms with E-state index in [1.807, 2.05) is 0 Å². The Morgan fingerprint density at radius 3 is 2.26 bits per heavy atom. The van der Waals surface area contributed by atoms with Crippen molar-refractivity contribution in [3.8, 4) is 0 Å². The Hall–Kier alpha value is -1.80. The van der Waals surface area contributed by atoms with Crippen LogP contribution in [0.2, 0.25) is 0 Å². The molecule has 0 radical (unpaired) electrons. The van der Waals surface area contributed by atoms with E-state index in [0.29, 0.717) is 5.56 Å². The summed E-state index contributed by atoms with van der Waals surface area (Å²) in [7, 11) is -4.13. The van der Waals surface area contributed by atoms with E-state index in [-0.39, 0.29) is 6.42 Å². The van der Waals surface area contributed by atoms with Gasteiger partial charge in [-0.2, -0.15) is 0 Å². The van der Waals surface area contributed by atoms with Gasteiger partial charge in [-0.3, -0.25) is 0 Å². The average molecular weight is 339 g/mol. The van der Waals surface area contributed by atoms with E-state index < -0.39 is 39.5 Å². The monoisotopic (exact) mass is 339 g/mol. The zero-order valence-corrected chi connectivity index (χ0v) is 13.1. The molecule has 0 aliphatic carbocycles. The van der Waals surface area contributed by atoms with Crippen molar-refractivity contribution >= 4 is 10.0 Å². The van der Waals surface area contributed by atoms with Crippen LogP contribution < -0.4 is 4.72 Å². The number of aliphatic hydroxyl groups excluding tert-OH is 2. The fraction of sp³-hybridized carbons (Fsp3) is 0.250. The molecule has 0 spiro atoms. The van der Waals surface area contributed by atoms with Crippen molar-refractivity contribution in [1.29, 1.82) is 0 Å². The van der Waals surface area contributed by atoms with Crippen LogP contribution in [-0.4, -0.2) is 31.3 Å². The molecular formula is C16H18FNO4S. The van der Waals surface area contributed by atoms with E-state index >= 15 is 0 Å². The molecule has 5 nitrogen and oxygen atoms in total. The van der Waals surface area contributed by atoms with Gasteiger partial charge in [-0.05, 0) is 24.1 Å². The smallest absolute Gasteiger partial charge is 0.243 e. The highest BCUT2D eigenvalue weighted by atomic mass is 32.2. The second-order valence-corrected chi connectivity index (χ2v) is 6.78. The zero-order valence-electron chi connectivity index (χ0n) is 12.3. The number of hydrogen-bond donors (Lipinski definition) is 3. The normalized spacial score (nSPS) is 14.4. The average Bonchev–Trinajstić information content (AvgIpc) is 2.55. The summed E-state index contributed by atoms with van der Waals surface area (Å²) in [4.78, 5) is -0.493. The lowest BCUT2D eigenvalue weighted by Gasteiger charge is -2.20. The van der Waals surface area contributed by atoms with Gasteiger partial charge in [-0.25, -0.2) is 17.5 Å². The van der Waals surface area contributed by atoms with E-state index in [1.54, 1.807) is 30.3 Å². The molecule has 0 amide bonds. The number of benzene rings is 2. The molecule has 0 aliphatic rings. The van der Waals surface area contributed by atoms with Crippen LogP contribution in [-0.2, 0) is 10.0 Å². The van der Waals surface area contributed by atoms with Crippen molar-refractivity contribution in [2.75, 3.05) is 6.61 Å². The van der Waals surface area contributed by atoms with Crippen molar-refractivity contribution < 1.29 is 23.0 Å². The van der Waals surface area contributed by atoms with Crippen LogP contribution >= 0.6 is 0 Å². The fourth-order valence-electron chi connectivity index (χ4n) is 2.19. The summed E-state index contributed by atoms with van der Waals surface area (Å²) in [6.07, 6.45) is -0.981. The molecule has 7 heteroatoms. The van der Waals surface area contributed by atoms with E-state index in [0.717, 1.165) is 12.1 Å². The maximum absolute atomic E-state index is 13.6. The van der Waals surface area contributed by atoms with E-state index in [2.05, 4.69) is 4.72 Å². The van der Waals surface area contributed by atoms with Gasteiger partial charge >= 0.3 is 0 Å².